The quantitative estimate of drug-likeness (QED) is 0.754. The lowest BCUT2D eigenvalue weighted by atomic mass is 9.72. The molecule has 1 aromatic heterocycles. The Balaban J connectivity index is 2.06. The van der Waals surface area contributed by atoms with E-state index in [1.165, 1.54) is 11.5 Å². The van der Waals surface area contributed by atoms with Crippen LogP contribution >= 0.6 is 0 Å². The zero-order chi connectivity index (χ0) is 21.3. The van der Waals surface area contributed by atoms with E-state index in [9.17, 15) is 23.1 Å². The number of nitrogens with zero attached hydrogens (tertiary/aromatic N) is 1. The molecule has 0 saturated heterocycles. The number of sulfonamides is 1. The number of carbonyl (C=O) groups excluding carboxylic acids is 1. The summed E-state index contributed by atoms with van der Waals surface area (Å²) in [5.74, 6) is -0.965. The minimum Gasteiger partial charge on any atom is -0.393 e. The molecule has 29 heavy (non-hydrogen) atoms. The molecule has 1 aromatic rings. The van der Waals surface area contributed by atoms with Crippen molar-refractivity contribution in [3.05, 3.63) is 57.2 Å². The molecule has 0 spiro atoms. The van der Waals surface area contributed by atoms with Crippen LogP contribution in [0.2, 0.25) is 0 Å². The van der Waals surface area contributed by atoms with Gasteiger partial charge in [0.15, 0.2) is 5.78 Å². The SMILES string of the molecule is CCS(=O)(=O)NC1=CC=C([C@H]2CC[C@H](O)CC2)C(c2cc(C)c(=O)n(C)c2)C1=O. The van der Waals surface area contributed by atoms with Gasteiger partial charge >= 0.3 is 0 Å². The van der Waals surface area contributed by atoms with Gasteiger partial charge in [0.2, 0.25) is 10.0 Å². The second kappa shape index (κ2) is 8.28. The van der Waals surface area contributed by atoms with E-state index in [4.69, 9.17) is 0 Å². The Morgan fingerprint density at radius 3 is 2.41 bits per heavy atom. The molecule has 1 saturated carbocycles. The molecule has 0 bridgehead atoms. The van der Waals surface area contributed by atoms with Gasteiger partial charge in [0.1, 0.15) is 0 Å². The Morgan fingerprint density at radius 2 is 1.83 bits per heavy atom. The number of aryl methyl sites for hydroxylation is 2. The Kier molecular flexibility index (Phi) is 6.14. The van der Waals surface area contributed by atoms with Gasteiger partial charge in [-0.15, -0.1) is 0 Å². The molecular formula is C21H28N2O5S. The third-order valence-corrected chi connectivity index (χ3v) is 7.12. The molecule has 8 heteroatoms. The van der Waals surface area contributed by atoms with E-state index in [0.29, 0.717) is 24.0 Å². The van der Waals surface area contributed by atoms with Gasteiger partial charge in [-0.3, -0.25) is 14.3 Å². The van der Waals surface area contributed by atoms with Crippen LogP contribution in [0, 0.1) is 12.8 Å². The van der Waals surface area contributed by atoms with Crippen molar-refractivity contribution in [2.45, 2.75) is 51.6 Å². The van der Waals surface area contributed by atoms with Crippen molar-refractivity contribution in [3.8, 4) is 0 Å². The molecule has 2 aliphatic carbocycles. The zero-order valence-corrected chi connectivity index (χ0v) is 17.8. The minimum absolute atomic E-state index is 0.0444. The van der Waals surface area contributed by atoms with Gasteiger partial charge in [0.05, 0.1) is 23.5 Å². The van der Waals surface area contributed by atoms with Crippen LogP contribution < -0.4 is 10.3 Å². The first-order valence-corrected chi connectivity index (χ1v) is 11.6. The summed E-state index contributed by atoms with van der Waals surface area (Å²) in [7, 11) is -1.95. The topological polar surface area (TPSA) is 105 Å². The van der Waals surface area contributed by atoms with Crippen molar-refractivity contribution in [2.24, 2.45) is 13.0 Å². The maximum Gasteiger partial charge on any atom is 0.253 e. The summed E-state index contributed by atoms with van der Waals surface area (Å²) in [5, 5.41) is 9.85. The molecule has 1 heterocycles. The Hall–Kier alpha value is -2.19. The van der Waals surface area contributed by atoms with Crippen molar-refractivity contribution in [1.29, 1.82) is 0 Å². The van der Waals surface area contributed by atoms with E-state index in [0.717, 1.165) is 18.4 Å². The number of rotatable bonds is 5. The van der Waals surface area contributed by atoms with E-state index in [2.05, 4.69) is 4.72 Å². The lowest BCUT2D eigenvalue weighted by Gasteiger charge is -2.33. The molecule has 1 fully saturated rings. The number of aliphatic hydroxyl groups excluding tert-OH is 1. The van der Waals surface area contributed by atoms with E-state index in [-0.39, 0.29) is 34.8 Å². The molecule has 1 atom stereocenters. The molecule has 0 amide bonds. The van der Waals surface area contributed by atoms with Crippen molar-refractivity contribution in [3.63, 3.8) is 0 Å². The highest BCUT2D eigenvalue weighted by Gasteiger charge is 2.36. The summed E-state index contributed by atoms with van der Waals surface area (Å²) >= 11 is 0. The summed E-state index contributed by atoms with van der Waals surface area (Å²) in [6, 6.07) is 1.72. The molecule has 1 unspecified atom stereocenters. The number of allylic oxidation sites excluding steroid dienone is 4. The molecule has 2 N–H and O–H groups in total. The van der Waals surface area contributed by atoms with Gasteiger partial charge in [-0.05, 0) is 63.2 Å². The molecule has 0 aliphatic heterocycles. The number of aromatic nitrogens is 1. The van der Waals surface area contributed by atoms with Gasteiger partial charge in [0.25, 0.3) is 5.56 Å². The average Bonchev–Trinajstić information content (AvgIpc) is 2.68. The third kappa shape index (κ3) is 4.53. The van der Waals surface area contributed by atoms with Crippen molar-refractivity contribution >= 4 is 15.8 Å². The number of hydrogen-bond donors (Lipinski definition) is 2. The fraction of sp³-hybridized carbons (Fsp3) is 0.524. The number of pyridine rings is 1. The number of Topliss-reactive ketones (excluding diaryl/α,β-unsaturated/α-hetero) is 1. The normalized spacial score (nSPS) is 25.4. The van der Waals surface area contributed by atoms with E-state index >= 15 is 0 Å². The fourth-order valence-corrected chi connectivity index (χ4v) is 4.83. The smallest absolute Gasteiger partial charge is 0.253 e. The third-order valence-electron chi connectivity index (χ3n) is 5.83. The van der Waals surface area contributed by atoms with Crippen molar-refractivity contribution in [1.82, 2.24) is 9.29 Å². The highest BCUT2D eigenvalue weighted by molar-refractivity contribution is 7.89. The van der Waals surface area contributed by atoms with Crippen LogP contribution in [0.4, 0.5) is 0 Å². The van der Waals surface area contributed by atoms with E-state index < -0.39 is 15.9 Å². The van der Waals surface area contributed by atoms with Crippen LogP contribution in [-0.4, -0.2) is 35.7 Å². The van der Waals surface area contributed by atoms with Gasteiger partial charge in [0, 0.05) is 18.8 Å². The highest BCUT2D eigenvalue weighted by Crippen LogP contribution is 2.41. The van der Waals surface area contributed by atoms with Crippen LogP contribution in [0.5, 0.6) is 0 Å². The van der Waals surface area contributed by atoms with Crippen LogP contribution in [-0.2, 0) is 21.9 Å². The second-order valence-corrected chi connectivity index (χ2v) is 9.94. The van der Waals surface area contributed by atoms with Crippen LogP contribution in [0.3, 0.4) is 0 Å². The van der Waals surface area contributed by atoms with Crippen LogP contribution in [0.25, 0.3) is 0 Å². The molecule has 0 radical (unpaired) electrons. The van der Waals surface area contributed by atoms with Crippen molar-refractivity contribution < 1.29 is 18.3 Å². The summed E-state index contributed by atoms with van der Waals surface area (Å²) in [4.78, 5) is 25.5. The first-order chi connectivity index (χ1) is 13.6. The molecular weight excluding hydrogens is 392 g/mol. The molecule has 2 aliphatic rings. The lowest BCUT2D eigenvalue weighted by Crippen LogP contribution is -2.35. The summed E-state index contributed by atoms with van der Waals surface area (Å²) < 4.78 is 27.9. The standard InChI is InChI=1S/C21H28N2O5S/c1-4-29(27,28)22-18-10-9-17(14-5-7-16(24)8-6-14)19(20(18)25)15-11-13(2)21(26)23(3)12-15/h9-12,14,16,19,22,24H,4-8H2,1-3H3/t14-,16-,19?. The summed E-state index contributed by atoms with van der Waals surface area (Å²) in [6.07, 6.45) is 7.61. The Morgan fingerprint density at radius 1 is 1.17 bits per heavy atom. The highest BCUT2D eigenvalue weighted by atomic mass is 32.2. The largest absolute Gasteiger partial charge is 0.393 e. The average molecular weight is 421 g/mol. The first-order valence-electron chi connectivity index (χ1n) is 9.94. The number of aliphatic hydroxyl groups is 1. The number of ketones is 1. The van der Waals surface area contributed by atoms with Gasteiger partial charge < -0.3 is 9.67 Å². The van der Waals surface area contributed by atoms with Gasteiger partial charge in [-0.2, -0.15) is 0 Å². The molecule has 158 valence electrons. The summed E-state index contributed by atoms with van der Waals surface area (Å²) in [6.45, 7) is 3.22. The van der Waals surface area contributed by atoms with Gasteiger partial charge in [-0.1, -0.05) is 11.6 Å². The number of hydrogen-bond acceptors (Lipinski definition) is 5. The minimum atomic E-state index is -3.59. The van der Waals surface area contributed by atoms with Crippen LogP contribution in [0.1, 0.15) is 49.7 Å². The van der Waals surface area contributed by atoms with Gasteiger partial charge in [-0.25, -0.2) is 8.42 Å². The number of carbonyl (C=O) groups is 1. The number of nitrogens with one attached hydrogen (secondary N) is 1. The van der Waals surface area contributed by atoms with E-state index in [1.807, 2.05) is 6.08 Å². The maximum absolute atomic E-state index is 13.4. The first kappa shape index (κ1) is 21.5. The monoisotopic (exact) mass is 420 g/mol. The molecule has 7 nitrogen and oxygen atoms in total. The Labute approximate surface area is 171 Å². The predicted octanol–water partition coefficient (Wildman–Crippen LogP) is 1.66. The van der Waals surface area contributed by atoms with Crippen LogP contribution in [0.15, 0.2) is 40.5 Å². The molecule has 0 aromatic carbocycles. The Bertz CT molecular complexity index is 1000. The molecule has 3 rings (SSSR count). The fourth-order valence-electron chi connectivity index (χ4n) is 4.18. The summed E-state index contributed by atoms with van der Waals surface area (Å²) in [5.41, 5.74) is 2.03. The zero-order valence-electron chi connectivity index (χ0n) is 17.0. The predicted molar refractivity (Wildman–Crippen MR) is 111 cm³/mol. The van der Waals surface area contributed by atoms with Crippen molar-refractivity contribution in [2.75, 3.05) is 5.75 Å². The maximum atomic E-state index is 13.4. The second-order valence-electron chi connectivity index (χ2n) is 7.93. The lowest BCUT2D eigenvalue weighted by molar-refractivity contribution is -0.116. The van der Waals surface area contributed by atoms with E-state index in [1.54, 1.807) is 32.3 Å².